The number of amides is 1. The van der Waals surface area contributed by atoms with Crippen LogP contribution in [0.15, 0.2) is 36.4 Å². The second kappa shape index (κ2) is 5.05. The van der Waals surface area contributed by atoms with E-state index in [0.717, 1.165) is 17.5 Å². The summed E-state index contributed by atoms with van der Waals surface area (Å²) in [6, 6.07) is 10.5. The minimum atomic E-state index is -0.112. The van der Waals surface area contributed by atoms with Gasteiger partial charge >= 0.3 is 0 Å². The van der Waals surface area contributed by atoms with Crippen LogP contribution in [0.3, 0.4) is 0 Å². The predicted octanol–water partition coefficient (Wildman–Crippen LogP) is 2.09. The van der Waals surface area contributed by atoms with Crippen molar-refractivity contribution in [3.63, 3.8) is 0 Å². The Morgan fingerprint density at radius 2 is 1.86 bits per heavy atom. The molecule has 0 atom stereocenters. The Labute approximate surface area is 123 Å². The molecule has 0 bridgehead atoms. The van der Waals surface area contributed by atoms with Crippen LogP contribution in [-0.4, -0.2) is 18.2 Å². The van der Waals surface area contributed by atoms with Crippen molar-refractivity contribution in [3.05, 3.63) is 64.2 Å². The number of carbonyl (C=O) groups is 2. The van der Waals surface area contributed by atoms with Gasteiger partial charge in [0.05, 0.1) is 0 Å². The molecule has 4 nitrogen and oxygen atoms in total. The van der Waals surface area contributed by atoms with Gasteiger partial charge < -0.3 is 11.1 Å². The Kier molecular flexibility index (Phi) is 3.22. The molecule has 1 aliphatic heterocycles. The molecule has 0 aromatic heterocycles. The van der Waals surface area contributed by atoms with Crippen LogP contribution in [0.25, 0.3) is 0 Å². The van der Waals surface area contributed by atoms with Gasteiger partial charge in [-0.1, -0.05) is 12.1 Å². The van der Waals surface area contributed by atoms with E-state index in [1.807, 2.05) is 13.0 Å². The van der Waals surface area contributed by atoms with Crippen LogP contribution < -0.4 is 11.1 Å². The molecule has 0 saturated carbocycles. The van der Waals surface area contributed by atoms with E-state index in [2.05, 4.69) is 5.32 Å². The molecule has 4 heteroatoms. The van der Waals surface area contributed by atoms with E-state index in [1.54, 1.807) is 30.3 Å². The quantitative estimate of drug-likeness (QED) is 0.653. The lowest BCUT2D eigenvalue weighted by molar-refractivity contribution is 0.0946. The first-order chi connectivity index (χ1) is 10.1. The molecule has 3 rings (SSSR count). The van der Waals surface area contributed by atoms with Gasteiger partial charge in [0.1, 0.15) is 0 Å². The zero-order chi connectivity index (χ0) is 15.0. The van der Waals surface area contributed by atoms with Gasteiger partial charge in [-0.3, -0.25) is 9.59 Å². The third kappa shape index (κ3) is 2.40. The molecule has 2 aromatic carbocycles. The summed E-state index contributed by atoms with van der Waals surface area (Å²) in [6.45, 7) is 2.52. The van der Waals surface area contributed by atoms with Crippen molar-refractivity contribution in [1.82, 2.24) is 5.32 Å². The first-order valence-electron chi connectivity index (χ1n) is 6.88. The Hall–Kier alpha value is -2.62. The molecule has 0 radical (unpaired) electrons. The SMILES string of the molecule is Cc1cc(C(=O)c2ccc3c(c2)C(=O)NCC3)ccc1N. The standard InChI is InChI=1S/C17H16N2O2/c1-10-8-12(4-5-15(10)18)16(20)13-3-2-11-6-7-19-17(21)14(11)9-13/h2-5,8-9H,6-7,18H2,1H3,(H,19,21). The maximum absolute atomic E-state index is 12.5. The van der Waals surface area contributed by atoms with E-state index in [-0.39, 0.29) is 11.7 Å². The van der Waals surface area contributed by atoms with Crippen molar-refractivity contribution >= 4 is 17.4 Å². The number of ketones is 1. The van der Waals surface area contributed by atoms with E-state index in [9.17, 15) is 9.59 Å². The lowest BCUT2D eigenvalue weighted by Gasteiger charge is -2.17. The highest BCUT2D eigenvalue weighted by molar-refractivity contribution is 6.10. The van der Waals surface area contributed by atoms with E-state index >= 15 is 0 Å². The molecule has 1 amide bonds. The fourth-order valence-electron chi connectivity index (χ4n) is 2.54. The topological polar surface area (TPSA) is 72.2 Å². The second-order valence-electron chi connectivity index (χ2n) is 5.28. The van der Waals surface area contributed by atoms with Crippen LogP contribution in [0.2, 0.25) is 0 Å². The predicted molar refractivity (Wildman–Crippen MR) is 81.5 cm³/mol. The lowest BCUT2D eigenvalue weighted by Crippen LogP contribution is -2.32. The molecule has 21 heavy (non-hydrogen) atoms. The van der Waals surface area contributed by atoms with E-state index in [0.29, 0.717) is 28.9 Å². The van der Waals surface area contributed by atoms with Crippen molar-refractivity contribution in [2.24, 2.45) is 0 Å². The molecule has 0 spiro atoms. The van der Waals surface area contributed by atoms with Crippen LogP contribution in [-0.2, 0) is 6.42 Å². The van der Waals surface area contributed by atoms with Gasteiger partial charge in [-0.05, 0) is 48.7 Å². The number of hydrogen-bond donors (Lipinski definition) is 2. The van der Waals surface area contributed by atoms with Crippen molar-refractivity contribution in [2.45, 2.75) is 13.3 Å². The van der Waals surface area contributed by atoms with E-state index in [1.165, 1.54) is 0 Å². The normalized spacial score (nSPS) is 13.5. The van der Waals surface area contributed by atoms with Crippen molar-refractivity contribution in [3.8, 4) is 0 Å². The van der Waals surface area contributed by atoms with Gasteiger partial charge in [-0.15, -0.1) is 0 Å². The van der Waals surface area contributed by atoms with Gasteiger partial charge in [0.2, 0.25) is 0 Å². The van der Waals surface area contributed by atoms with Gasteiger partial charge in [0.25, 0.3) is 5.91 Å². The number of nitrogen functional groups attached to an aromatic ring is 1. The van der Waals surface area contributed by atoms with Crippen LogP contribution in [0.1, 0.15) is 37.4 Å². The first-order valence-corrected chi connectivity index (χ1v) is 6.88. The number of anilines is 1. The molecule has 3 N–H and O–H groups in total. The van der Waals surface area contributed by atoms with Crippen LogP contribution in [0, 0.1) is 6.92 Å². The molecule has 1 aliphatic rings. The van der Waals surface area contributed by atoms with Gasteiger partial charge in [0, 0.05) is 28.9 Å². The zero-order valence-electron chi connectivity index (χ0n) is 11.8. The molecule has 1 heterocycles. The number of aryl methyl sites for hydroxylation is 1. The van der Waals surface area contributed by atoms with Crippen LogP contribution >= 0.6 is 0 Å². The number of carbonyl (C=O) groups excluding carboxylic acids is 2. The zero-order valence-corrected chi connectivity index (χ0v) is 11.8. The molecule has 0 fully saturated rings. The molecular formula is C17H16N2O2. The van der Waals surface area contributed by atoms with Gasteiger partial charge in [-0.25, -0.2) is 0 Å². The third-order valence-electron chi connectivity index (χ3n) is 3.83. The Balaban J connectivity index is 2.00. The maximum atomic E-state index is 12.5. The number of nitrogens with two attached hydrogens (primary N) is 1. The van der Waals surface area contributed by atoms with Crippen LogP contribution in [0.5, 0.6) is 0 Å². The Morgan fingerprint density at radius 1 is 1.14 bits per heavy atom. The lowest BCUT2D eigenvalue weighted by atomic mass is 9.94. The Morgan fingerprint density at radius 3 is 2.62 bits per heavy atom. The average molecular weight is 280 g/mol. The summed E-state index contributed by atoms with van der Waals surface area (Å²) in [5.41, 5.74) is 10.00. The number of nitrogens with one attached hydrogen (secondary N) is 1. The molecule has 0 unspecified atom stereocenters. The van der Waals surface area contributed by atoms with Crippen molar-refractivity contribution < 1.29 is 9.59 Å². The second-order valence-corrected chi connectivity index (χ2v) is 5.28. The summed E-state index contributed by atoms with van der Waals surface area (Å²) in [4.78, 5) is 24.4. The highest BCUT2D eigenvalue weighted by atomic mass is 16.1. The molecular weight excluding hydrogens is 264 g/mol. The van der Waals surface area contributed by atoms with Crippen molar-refractivity contribution in [2.75, 3.05) is 12.3 Å². The summed E-state index contributed by atoms with van der Waals surface area (Å²) in [5, 5.41) is 2.79. The van der Waals surface area contributed by atoms with E-state index < -0.39 is 0 Å². The minimum Gasteiger partial charge on any atom is -0.399 e. The summed E-state index contributed by atoms with van der Waals surface area (Å²) in [5.74, 6) is -0.210. The third-order valence-corrected chi connectivity index (χ3v) is 3.83. The number of hydrogen-bond acceptors (Lipinski definition) is 3. The summed E-state index contributed by atoms with van der Waals surface area (Å²) >= 11 is 0. The molecule has 0 aliphatic carbocycles. The minimum absolute atomic E-state index is 0.0979. The molecule has 106 valence electrons. The number of rotatable bonds is 2. The van der Waals surface area contributed by atoms with Gasteiger partial charge in [-0.2, -0.15) is 0 Å². The smallest absolute Gasteiger partial charge is 0.251 e. The highest BCUT2D eigenvalue weighted by Gasteiger charge is 2.19. The summed E-state index contributed by atoms with van der Waals surface area (Å²) in [6.07, 6.45) is 0.802. The van der Waals surface area contributed by atoms with E-state index in [4.69, 9.17) is 5.73 Å². The fourth-order valence-corrected chi connectivity index (χ4v) is 2.54. The summed E-state index contributed by atoms with van der Waals surface area (Å²) < 4.78 is 0. The Bertz CT molecular complexity index is 750. The number of benzene rings is 2. The monoisotopic (exact) mass is 280 g/mol. The summed E-state index contributed by atoms with van der Waals surface area (Å²) in [7, 11) is 0. The van der Waals surface area contributed by atoms with Crippen LogP contribution in [0.4, 0.5) is 5.69 Å². The highest BCUT2D eigenvalue weighted by Crippen LogP contribution is 2.20. The molecule has 2 aromatic rings. The average Bonchev–Trinajstić information content (AvgIpc) is 2.49. The fraction of sp³-hybridized carbons (Fsp3) is 0.176. The van der Waals surface area contributed by atoms with Crippen molar-refractivity contribution in [1.29, 1.82) is 0 Å². The number of fused-ring (bicyclic) bond motifs is 1. The first kappa shape index (κ1) is 13.4. The largest absolute Gasteiger partial charge is 0.399 e. The van der Waals surface area contributed by atoms with Gasteiger partial charge in [0.15, 0.2) is 5.78 Å². The molecule has 0 saturated heterocycles. The maximum Gasteiger partial charge on any atom is 0.251 e.